The Kier molecular flexibility index (Phi) is 5.74. The molecule has 2 saturated carbocycles. The SMILES string of the molecule is CC1(CNC(=O)CNCC2CC2)CCCC1.Cl. The van der Waals surface area contributed by atoms with Gasteiger partial charge in [-0.2, -0.15) is 0 Å². The van der Waals surface area contributed by atoms with Gasteiger partial charge in [0.05, 0.1) is 6.54 Å². The lowest BCUT2D eigenvalue weighted by Gasteiger charge is -2.23. The molecule has 2 rings (SSSR count). The van der Waals surface area contributed by atoms with Crippen LogP contribution in [-0.2, 0) is 4.79 Å². The quantitative estimate of drug-likeness (QED) is 0.768. The molecular formula is C13H25ClN2O. The summed E-state index contributed by atoms with van der Waals surface area (Å²) in [5, 5.41) is 6.28. The summed E-state index contributed by atoms with van der Waals surface area (Å²) in [5.41, 5.74) is 0.367. The Labute approximate surface area is 111 Å². The van der Waals surface area contributed by atoms with Gasteiger partial charge in [-0.25, -0.2) is 0 Å². The number of halogens is 1. The predicted octanol–water partition coefficient (Wildman–Crippen LogP) is 2.10. The molecule has 0 aromatic rings. The molecular weight excluding hydrogens is 236 g/mol. The second kappa shape index (κ2) is 6.60. The molecule has 2 fully saturated rings. The highest BCUT2D eigenvalue weighted by molar-refractivity contribution is 5.85. The minimum Gasteiger partial charge on any atom is -0.354 e. The third-order valence-corrected chi connectivity index (χ3v) is 3.94. The highest BCUT2D eigenvalue weighted by atomic mass is 35.5. The number of rotatable bonds is 6. The van der Waals surface area contributed by atoms with Gasteiger partial charge < -0.3 is 10.6 Å². The fourth-order valence-corrected chi connectivity index (χ4v) is 2.49. The van der Waals surface area contributed by atoms with Crippen LogP contribution in [0.25, 0.3) is 0 Å². The minimum atomic E-state index is 0. The molecule has 2 aliphatic rings. The zero-order valence-corrected chi connectivity index (χ0v) is 11.6. The predicted molar refractivity (Wildman–Crippen MR) is 72.4 cm³/mol. The standard InChI is InChI=1S/C13H24N2O.ClH/c1-13(6-2-3-7-13)10-15-12(16)9-14-8-11-4-5-11;/h11,14H,2-10H2,1H3,(H,15,16);1H. The maximum atomic E-state index is 11.6. The molecule has 2 aliphatic carbocycles. The average molecular weight is 261 g/mol. The Morgan fingerprint density at radius 3 is 2.53 bits per heavy atom. The van der Waals surface area contributed by atoms with Gasteiger partial charge in [-0.3, -0.25) is 4.79 Å². The normalized spacial score (nSPS) is 21.9. The van der Waals surface area contributed by atoms with Gasteiger partial charge in [0.2, 0.25) is 5.91 Å². The zero-order valence-electron chi connectivity index (χ0n) is 10.8. The van der Waals surface area contributed by atoms with Gasteiger partial charge in [-0.1, -0.05) is 19.8 Å². The number of carbonyl (C=O) groups excluding carboxylic acids is 1. The van der Waals surface area contributed by atoms with Crippen LogP contribution in [0.5, 0.6) is 0 Å². The number of hydrogen-bond acceptors (Lipinski definition) is 2. The Balaban J connectivity index is 0.00000144. The molecule has 100 valence electrons. The molecule has 2 N–H and O–H groups in total. The molecule has 0 radical (unpaired) electrons. The molecule has 0 heterocycles. The summed E-state index contributed by atoms with van der Waals surface area (Å²) in [6.45, 7) is 4.66. The van der Waals surface area contributed by atoms with Crippen LogP contribution in [-0.4, -0.2) is 25.5 Å². The van der Waals surface area contributed by atoms with Gasteiger partial charge in [-0.05, 0) is 43.6 Å². The molecule has 0 aromatic carbocycles. The summed E-state index contributed by atoms with van der Waals surface area (Å²) in [6, 6.07) is 0. The van der Waals surface area contributed by atoms with Crippen LogP contribution >= 0.6 is 12.4 Å². The number of carbonyl (C=O) groups is 1. The number of amides is 1. The van der Waals surface area contributed by atoms with E-state index in [4.69, 9.17) is 0 Å². The maximum Gasteiger partial charge on any atom is 0.233 e. The Bertz CT molecular complexity index is 248. The summed E-state index contributed by atoms with van der Waals surface area (Å²) in [4.78, 5) is 11.6. The van der Waals surface area contributed by atoms with Gasteiger partial charge in [0.15, 0.2) is 0 Å². The molecule has 0 spiro atoms. The first-order valence-electron chi connectivity index (χ1n) is 6.65. The molecule has 0 atom stereocenters. The highest BCUT2D eigenvalue weighted by Gasteiger charge is 2.28. The van der Waals surface area contributed by atoms with Crippen LogP contribution in [0, 0.1) is 11.3 Å². The monoisotopic (exact) mass is 260 g/mol. The topological polar surface area (TPSA) is 41.1 Å². The Morgan fingerprint density at radius 1 is 1.29 bits per heavy atom. The van der Waals surface area contributed by atoms with Crippen molar-refractivity contribution in [3.05, 3.63) is 0 Å². The van der Waals surface area contributed by atoms with Crippen LogP contribution in [0.1, 0.15) is 45.4 Å². The van der Waals surface area contributed by atoms with E-state index in [0.29, 0.717) is 12.0 Å². The maximum absolute atomic E-state index is 11.6. The van der Waals surface area contributed by atoms with Crippen molar-refractivity contribution in [2.24, 2.45) is 11.3 Å². The summed E-state index contributed by atoms with van der Waals surface area (Å²) in [6.07, 6.45) is 7.86. The summed E-state index contributed by atoms with van der Waals surface area (Å²) in [5.74, 6) is 1.01. The molecule has 4 heteroatoms. The molecule has 3 nitrogen and oxygen atoms in total. The van der Waals surface area contributed by atoms with Crippen molar-refractivity contribution in [1.29, 1.82) is 0 Å². The molecule has 0 aromatic heterocycles. The van der Waals surface area contributed by atoms with Crippen molar-refractivity contribution in [2.75, 3.05) is 19.6 Å². The van der Waals surface area contributed by atoms with Crippen molar-refractivity contribution in [3.63, 3.8) is 0 Å². The van der Waals surface area contributed by atoms with E-state index in [0.717, 1.165) is 19.0 Å². The summed E-state index contributed by atoms with van der Waals surface area (Å²) in [7, 11) is 0. The van der Waals surface area contributed by atoms with Gasteiger partial charge in [0, 0.05) is 6.54 Å². The van der Waals surface area contributed by atoms with Gasteiger partial charge in [0.1, 0.15) is 0 Å². The Morgan fingerprint density at radius 2 is 1.94 bits per heavy atom. The van der Waals surface area contributed by atoms with Crippen molar-refractivity contribution in [2.45, 2.75) is 45.4 Å². The number of nitrogens with one attached hydrogen (secondary N) is 2. The Hall–Kier alpha value is -0.280. The second-order valence-electron chi connectivity index (χ2n) is 5.87. The first-order valence-corrected chi connectivity index (χ1v) is 6.65. The van der Waals surface area contributed by atoms with Gasteiger partial charge in [0.25, 0.3) is 0 Å². The minimum absolute atomic E-state index is 0. The van der Waals surface area contributed by atoms with Crippen LogP contribution < -0.4 is 10.6 Å². The molecule has 1 amide bonds. The zero-order chi connectivity index (χ0) is 11.4. The largest absolute Gasteiger partial charge is 0.354 e. The van der Waals surface area contributed by atoms with Crippen molar-refractivity contribution in [1.82, 2.24) is 10.6 Å². The van der Waals surface area contributed by atoms with E-state index in [1.807, 2.05) is 0 Å². The molecule has 17 heavy (non-hydrogen) atoms. The van der Waals surface area contributed by atoms with Crippen LogP contribution in [0.15, 0.2) is 0 Å². The first-order chi connectivity index (χ1) is 7.68. The third-order valence-electron chi connectivity index (χ3n) is 3.94. The number of hydrogen-bond donors (Lipinski definition) is 2. The molecule has 0 bridgehead atoms. The van der Waals surface area contributed by atoms with Crippen LogP contribution in [0.4, 0.5) is 0 Å². The lowest BCUT2D eigenvalue weighted by Crippen LogP contribution is -2.39. The van der Waals surface area contributed by atoms with Gasteiger partial charge >= 0.3 is 0 Å². The van der Waals surface area contributed by atoms with E-state index < -0.39 is 0 Å². The van der Waals surface area contributed by atoms with Crippen molar-refractivity contribution < 1.29 is 4.79 Å². The van der Waals surface area contributed by atoms with E-state index in [-0.39, 0.29) is 18.3 Å². The van der Waals surface area contributed by atoms with E-state index in [9.17, 15) is 4.79 Å². The molecule has 0 unspecified atom stereocenters. The molecule has 0 saturated heterocycles. The van der Waals surface area contributed by atoms with Gasteiger partial charge in [-0.15, -0.1) is 12.4 Å². The lowest BCUT2D eigenvalue weighted by molar-refractivity contribution is -0.120. The lowest BCUT2D eigenvalue weighted by atomic mass is 9.89. The highest BCUT2D eigenvalue weighted by Crippen LogP contribution is 2.36. The summed E-state index contributed by atoms with van der Waals surface area (Å²) >= 11 is 0. The van der Waals surface area contributed by atoms with Crippen LogP contribution in [0.3, 0.4) is 0 Å². The second-order valence-corrected chi connectivity index (χ2v) is 5.87. The fourth-order valence-electron chi connectivity index (χ4n) is 2.49. The molecule has 0 aliphatic heterocycles. The van der Waals surface area contributed by atoms with Crippen molar-refractivity contribution >= 4 is 18.3 Å². The van der Waals surface area contributed by atoms with E-state index in [1.54, 1.807) is 0 Å². The smallest absolute Gasteiger partial charge is 0.233 e. The summed E-state index contributed by atoms with van der Waals surface area (Å²) < 4.78 is 0. The van der Waals surface area contributed by atoms with Crippen molar-refractivity contribution in [3.8, 4) is 0 Å². The first kappa shape index (κ1) is 14.8. The fraction of sp³-hybridized carbons (Fsp3) is 0.923. The van der Waals surface area contributed by atoms with E-state index in [2.05, 4.69) is 17.6 Å². The van der Waals surface area contributed by atoms with Crippen LogP contribution in [0.2, 0.25) is 0 Å². The van der Waals surface area contributed by atoms with E-state index in [1.165, 1.54) is 38.5 Å². The van der Waals surface area contributed by atoms with E-state index >= 15 is 0 Å². The average Bonchev–Trinajstić information content (AvgIpc) is 2.98. The third kappa shape index (κ3) is 5.26.